The molecule has 1 amide bonds. The van der Waals surface area contributed by atoms with Gasteiger partial charge in [-0.25, -0.2) is 5.43 Å². The number of carbonyl (C=O) groups is 1. The van der Waals surface area contributed by atoms with Crippen molar-refractivity contribution in [3.05, 3.63) is 95.6 Å². The molecule has 0 unspecified atom stereocenters. The SMILES string of the molecule is COc1cccc(C=NNC(=O)c2ccccc2OCc2ccccc2)c1. The molecule has 0 fully saturated rings. The van der Waals surface area contributed by atoms with Crippen LogP contribution in [0.25, 0.3) is 0 Å². The molecule has 0 atom stereocenters. The molecule has 5 heteroatoms. The lowest BCUT2D eigenvalue weighted by molar-refractivity contribution is 0.0950. The largest absolute Gasteiger partial charge is 0.497 e. The van der Waals surface area contributed by atoms with Crippen molar-refractivity contribution in [3.63, 3.8) is 0 Å². The van der Waals surface area contributed by atoms with Crippen molar-refractivity contribution in [2.75, 3.05) is 7.11 Å². The quantitative estimate of drug-likeness (QED) is 0.511. The van der Waals surface area contributed by atoms with Crippen LogP contribution < -0.4 is 14.9 Å². The number of rotatable bonds is 7. The van der Waals surface area contributed by atoms with Crippen LogP contribution in [0, 0.1) is 0 Å². The average Bonchev–Trinajstić information content (AvgIpc) is 2.73. The summed E-state index contributed by atoms with van der Waals surface area (Å²) in [5.41, 5.74) is 4.81. The number of methoxy groups -OCH3 is 1. The van der Waals surface area contributed by atoms with Crippen LogP contribution in [0.4, 0.5) is 0 Å². The van der Waals surface area contributed by atoms with Crippen molar-refractivity contribution in [3.8, 4) is 11.5 Å². The van der Waals surface area contributed by atoms with Gasteiger partial charge in [-0.3, -0.25) is 4.79 Å². The van der Waals surface area contributed by atoms with E-state index < -0.39 is 0 Å². The Balaban J connectivity index is 1.65. The molecule has 1 N–H and O–H groups in total. The number of ether oxygens (including phenoxy) is 2. The molecule has 0 heterocycles. The Bertz CT molecular complexity index is 924. The van der Waals surface area contributed by atoms with Gasteiger partial charge in [0.25, 0.3) is 5.91 Å². The predicted molar refractivity (Wildman–Crippen MR) is 105 cm³/mol. The number of nitrogens with zero attached hydrogens (tertiary/aromatic N) is 1. The van der Waals surface area contributed by atoms with Gasteiger partial charge in [-0.05, 0) is 35.4 Å². The molecule has 3 rings (SSSR count). The zero-order valence-electron chi connectivity index (χ0n) is 15.0. The Labute approximate surface area is 158 Å². The minimum absolute atomic E-state index is 0.335. The molecule has 0 saturated carbocycles. The molecule has 3 aromatic carbocycles. The third kappa shape index (κ3) is 5.19. The van der Waals surface area contributed by atoms with Gasteiger partial charge in [0, 0.05) is 0 Å². The van der Waals surface area contributed by atoms with Crippen LogP contribution in [-0.2, 0) is 6.61 Å². The van der Waals surface area contributed by atoms with E-state index in [4.69, 9.17) is 9.47 Å². The maximum absolute atomic E-state index is 12.5. The van der Waals surface area contributed by atoms with E-state index in [0.717, 1.165) is 16.9 Å². The fraction of sp³-hybridized carbons (Fsp3) is 0.0909. The van der Waals surface area contributed by atoms with Gasteiger partial charge in [0.15, 0.2) is 0 Å². The number of amides is 1. The van der Waals surface area contributed by atoms with Crippen molar-refractivity contribution in [1.29, 1.82) is 0 Å². The van der Waals surface area contributed by atoms with Crippen LogP contribution in [0.3, 0.4) is 0 Å². The molecular formula is C22H20N2O3. The fourth-order valence-electron chi connectivity index (χ4n) is 2.46. The van der Waals surface area contributed by atoms with Gasteiger partial charge in [-0.15, -0.1) is 0 Å². The van der Waals surface area contributed by atoms with Crippen molar-refractivity contribution in [2.45, 2.75) is 6.61 Å². The third-order valence-electron chi connectivity index (χ3n) is 3.84. The summed E-state index contributed by atoms with van der Waals surface area (Å²) >= 11 is 0. The van der Waals surface area contributed by atoms with E-state index in [1.807, 2.05) is 60.7 Å². The summed E-state index contributed by atoms with van der Waals surface area (Å²) in [6, 6.07) is 24.3. The van der Waals surface area contributed by atoms with Gasteiger partial charge in [-0.1, -0.05) is 54.6 Å². The molecule has 0 aliphatic heterocycles. The standard InChI is InChI=1S/C22H20N2O3/c1-26-19-11-7-10-18(14-19)15-23-24-22(25)20-12-5-6-13-21(20)27-16-17-8-3-2-4-9-17/h2-15H,16H2,1H3,(H,24,25). The maximum Gasteiger partial charge on any atom is 0.275 e. The number of carbonyl (C=O) groups excluding carboxylic acids is 1. The van der Waals surface area contributed by atoms with Crippen LogP contribution in [0.1, 0.15) is 21.5 Å². The van der Waals surface area contributed by atoms with E-state index in [0.29, 0.717) is 17.9 Å². The lowest BCUT2D eigenvalue weighted by atomic mass is 10.2. The molecule has 0 spiro atoms. The first kappa shape index (κ1) is 18.2. The van der Waals surface area contributed by atoms with Crippen molar-refractivity contribution >= 4 is 12.1 Å². The minimum atomic E-state index is -0.335. The summed E-state index contributed by atoms with van der Waals surface area (Å²) in [6.07, 6.45) is 1.56. The highest BCUT2D eigenvalue weighted by Crippen LogP contribution is 2.19. The van der Waals surface area contributed by atoms with E-state index in [2.05, 4.69) is 10.5 Å². The van der Waals surface area contributed by atoms with Gasteiger partial charge in [0.2, 0.25) is 0 Å². The Morgan fingerprint density at radius 1 is 1.00 bits per heavy atom. The molecule has 3 aromatic rings. The third-order valence-corrected chi connectivity index (χ3v) is 3.84. The molecule has 0 saturated heterocycles. The fourth-order valence-corrected chi connectivity index (χ4v) is 2.46. The summed E-state index contributed by atoms with van der Waals surface area (Å²) in [4.78, 5) is 12.5. The first-order valence-corrected chi connectivity index (χ1v) is 8.49. The summed E-state index contributed by atoms with van der Waals surface area (Å²) in [7, 11) is 1.60. The number of para-hydroxylation sites is 1. The predicted octanol–water partition coefficient (Wildman–Crippen LogP) is 4.04. The highest BCUT2D eigenvalue weighted by molar-refractivity contribution is 5.97. The second kappa shape index (κ2) is 9.20. The molecule has 5 nitrogen and oxygen atoms in total. The Hall–Kier alpha value is -3.60. The topological polar surface area (TPSA) is 59.9 Å². The number of nitrogens with one attached hydrogen (secondary N) is 1. The first-order valence-electron chi connectivity index (χ1n) is 8.49. The van der Waals surface area contributed by atoms with E-state index in [9.17, 15) is 4.79 Å². The molecule has 136 valence electrons. The van der Waals surface area contributed by atoms with Crippen LogP contribution in [0.2, 0.25) is 0 Å². The molecule has 0 aliphatic rings. The number of hydrogen-bond donors (Lipinski definition) is 1. The van der Waals surface area contributed by atoms with Gasteiger partial charge in [0.1, 0.15) is 18.1 Å². The highest BCUT2D eigenvalue weighted by Gasteiger charge is 2.11. The zero-order valence-corrected chi connectivity index (χ0v) is 15.0. The summed E-state index contributed by atoms with van der Waals surface area (Å²) in [6.45, 7) is 0.387. The van der Waals surface area contributed by atoms with E-state index in [1.54, 1.807) is 31.5 Å². The van der Waals surface area contributed by atoms with E-state index in [-0.39, 0.29) is 5.91 Å². The van der Waals surface area contributed by atoms with Crippen LogP contribution in [-0.4, -0.2) is 19.2 Å². The second-order valence-corrected chi connectivity index (χ2v) is 5.75. The molecule has 0 bridgehead atoms. The van der Waals surface area contributed by atoms with Gasteiger partial charge < -0.3 is 9.47 Å². The number of benzene rings is 3. The molecule has 0 radical (unpaired) electrons. The van der Waals surface area contributed by atoms with Crippen LogP contribution in [0.15, 0.2) is 84.0 Å². The second-order valence-electron chi connectivity index (χ2n) is 5.75. The summed E-state index contributed by atoms with van der Waals surface area (Å²) in [5, 5.41) is 4.02. The zero-order chi connectivity index (χ0) is 18.9. The summed E-state index contributed by atoms with van der Waals surface area (Å²) < 4.78 is 11.0. The minimum Gasteiger partial charge on any atom is -0.497 e. The Morgan fingerprint density at radius 2 is 1.78 bits per heavy atom. The highest BCUT2D eigenvalue weighted by atomic mass is 16.5. The van der Waals surface area contributed by atoms with Crippen LogP contribution >= 0.6 is 0 Å². The van der Waals surface area contributed by atoms with Crippen molar-refractivity contribution in [1.82, 2.24) is 5.43 Å². The lowest BCUT2D eigenvalue weighted by Crippen LogP contribution is -2.18. The van der Waals surface area contributed by atoms with Gasteiger partial charge in [0.05, 0.1) is 18.9 Å². The smallest absolute Gasteiger partial charge is 0.275 e. The van der Waals surface area contributed by atoms with E-state index in [1.165, 1.54) is 0 Å². The van der Waals surface area contributed by atoms with Gasteiger partial charge >= 0.3 is 0 Å². The maximum atomic E-state index is 12.5. The lowest BCUT2D eigenvalue weighted by Gasteiger charge is -2.10. The van der Waals surface area contributed by atoms with Crippen molar-refractivity contribution < 1.29 is 14.3 Å². The molecule has 0 aliphatic carbocycles. The van der Waals surface area contributed by atoms with Gasteiger partial charge in [-0.2, -0.15) is 5.10 Å². The number of hydrazone groups is 1. The van der Waals surface area contributed by atoms with Crippen LogP contribution in [0.5, 0.6) is 11.5 Å². The average molecular weight is 360 g/mol. The number of hydrogen-bond acceptors (Lipinski definition) is 4. The molecule has 27 heavy (non-hydrogen) atoms. The normalized spacial score (nSPS) is 10.6. The first-order chi connectivity index (χ1) is 13.3. The van der Waals surface area contributed by atoms with E-state index >= 15 is 0 Å². The monoisotopic (exact) mass is 360 g/mol. The summed E-state index contributed by atoms with van der Waals surface area (Å²) in [5.74, 6) is 0.901. The molecule has 0 aromatic heterocycles. The molecular weight excluding hydrogens is 340 g/mol. The Morgan fingerprint density at radius 3 is 2.59 bits per heavy atom. The van der Waals surface area contributed by atoms with Crippen molar-refractivity contribution in [2.24, 2.45) is 5.10 Å². The Kier molecular flexibility index (Phi) is 6.20.